The Morgan fingerprint density at radius 3 is 3.11 bits per heavy atom. The summed E-state index contributed by atoms with van der Waals surface area (Å²) in [6, 6.07) is 5.98. The number of carboxylic acid groups (broad SMARTS) is 1. The van der Waals surface area contributed by atoms with Crippen molar-refractivity contribution < 1.29 is 19.0 Å². The lowest BCUT2D eigenvalue weighted by molar-refractivity contribution is 0.105. The summed E-state index contributed by atoms with van der Waals surface area (Å²) in [5.41, 5.74) is 0. The Hall–Kier alpha value is -1.78. The second kappa shape index (κ2) is 5.71. The van der Waals surface area contributed by atoms with E-state index < -0.39 is 6.09 Å². The molecule has 1 fully saturated rings. The number of carbonyl (C=O) groups is 1. The average Bonchev–Trinajstić information content (AvgIpc) is 2.37. The van der Waals surface area contributed by atoms with Crippen LogP contribution >= 0.6 is 0 Å². The molecule has 1 aromatic rings. The first kappa shape index (κ1) is 12.7. The molecule has 1 aliphatic heterocycles. The van der Waals surface area contributed by atoms with E-state index in [1.807, 2.05) is 0 Å². The van der Waals surface area contributed by atoms with Gasteiger partial charge in [0.15, 0.2) is 0 Å². The van der Waals surface area contributed by atoms with Gasteiger partial charge in [-0.2, -0.15) is 0 Å². The number of hydrogen-bond donors (Lipinski definition) is 1. The van der Waals surface area contributed by atoms with Crippen molar-refractivity contribution in [3.05, 3.63) is 30.1 Å². The fraction of sp³-hybridized carbons (Fsp3) is 0.462. The summed E-state index contributed by atoms with van der Waals surface area (Å²) in [7, 11) is 0. The first-order valence-electron chi connectivity index (χ1n) is 6.01. The van der Waals surface area contributed by atoms with E-state index in [0.717, 1.165) is 12.8 Å². The Bertz CT molecular complexity index is 424. The summed E-state index contributed by atoms with van der Waals surface area (Å²) < 4.78 is 18.4. The van der Waals surface area contributed by atoms with Gasteiger partial charge < -0.3 is 14.7 Å². The molecule has 1 heterocycles. The lowest BCUT2D eigenvalue weighted by Crippen LogP contribution is -2.40. The molecular weight excluding hydrogens is 237 g/mol. The molecule has 0 saturated carbocycles. The zero-order valence-electron chi connectivity index (χ0n) is 10.0. The van der Waals surface area contributed by atoms with Gasteiger partial charge in [-0.25, -0.2) is 9.18 Å². The van der Waals surface area contributed by atoms with Gasteiger partial charge in [-0.15, -0.1) is 0 Å². The van der Waals surface area contributed by atoms with Gasteiger partial charge >= 0.3 is 6.09 Å². The van der Waals surface area contributed by atoms with Crippen LogP contribution in [-0.4, -0.2) is 35.8 Å². The molecule has 1 unspecified atom stereocenters. The molecule has 98 valence electrons. The molecule has 18 heavy (non-hydrogen) atoms. The topological polar surface area (TPSA) is 49.8 Å². The molecular formula is C13H16FNO3. The van der Waals surface area contributed by atoms with E-state index in [4.69, 9.17) is 9.84 Å². The second-order valence-electron chi connectivity index (χ2n) is 4.51. The summed E-state index contributed by atoms with van der Waals surface area (Å²) in [5.74, 6) is 0.337. The molecule has 0 aliphatic carbocycles. The Morgan fingerprint density at radius 2 is 2.39 bits per heavy atom. The molecule has 0 spiro atoms. The molecule has 0 aromatic heterocycles. The van der Waals surface area contributed by atoms with Crippen LogP contribution in [0.5, 0.6) is 5.75 Å². The Labute approximate surface area is 105 Å². The molecule has 1 aliphatic rings. The van der Waals surface area contributed by atoms with Crippen LogP contribution in [0.2, 0.25) is 0 Å². The summed E-state index contributed by atoms with van der Waals surface area (Å²) >= 11 is 0. The minimum Gasteiger partial charge on any atom is -0.493 e. The number of likely N-dealkylation sites (tertiary alicyclic amines) is 1. The van der Waals surface area contributed by atoms with Crippen molar-refractivity contribution >= 4 is 6.09 Å². The zero-order valence-corrected chi connectivity index (χ0v) is 10.0. The predicted molar refractivity (Wildman–Crippen MR) is 64.2 cm³/mol. The standard InChI is InChI=1S/C13H16FNO3/c14-11-4-1-5-12(7-11)18-9-10-3-2-6-15(8-10)13(16)17/h1,4-5,7,10H,2-3,6,8-9H2,(H,16,17). The van der Waals surface area contributed by atoms with Crippen LogP contribution in [0.4, 0.5) is 9.18 Å². The third-order valence-electron chi connectivity index (χ3n) is 3.07. The maximum absolute atomic E-state index is 12.9. The van der Waals surface area contributed by atoms with Crippen molar-refractivity contribution in [2.75, 3.05) is 19.7 Å². The zero-order chi connectivity index (χ0) is 13.0. The third-order valence-corrected chi connectivity index (χ3v) is 3.07. The minimum atomic E-state index is -0.884. The Balaban J connectivity index is 1.84. The number of rotatable bonds is 3. The molecule has 2 rings (SSSR count). The van der Waals surface area contributed by atoms with Gasteiger partial charge in [0.2, 0.25) is 0 Å². The fourth-order valence-corrected chi connectivity index (χ4v) is 2.15. The monoisotopic (exact) mass is 253 g/mol. The number of amides is 1. The highest BCUT2D eigenvalue weighted by molar-refractivity contribution is 5.65. The van der Waals surface area contributed by atoms with Crippen molar-refractivity contribution in [2.24, 2.45) is 5.92 Å². The molecule has 1 saturated heterocycles. The first-order valence-corrected chi connectivity index (χ1v) is 6.01. The van der Waals surface area contributed by atoms with Gasteiger partial charge in [-0.1, -0.05) is 6.07 Å². The quantitative estimate of drug-likeness (QED) is 0.900. The lowest BCUT2D eigenvalue weighted by Gasteiger charge is -2.30. The van der Waals surface area contributed by atoms with Crippen molar-refractivity contribution in [1.82, 2.24) is 4.90 Å². The van der Waals surface area contributed by atoms with Crippen LogP contribution in [0.1, 0.15) is 12.8 Å². The van der Waals surface area contributed by atoms with E-state index in [1.54, 1.807) is 12.1 Å². The second-order valence-corrected chi connectivity index (χ2v) is 4.51. The highest BCUT2D eigenvalue weighted by atomic mass is 19.1. The smallest absolute Gasteiger partial charge is 0.407 e. The van der Waals surface area contributed by atoms with Crippen LogP contribution in [0.15, 0.2) is 24.3 Å². The van der Waals surface area contributed by atoms with Crippen molar-refractivity contribution in [3.8, 4) is 5.75 Å². The summed E-state index contributed by atoms with van der Waals surface area (Å²) in [6.07, 6.45) is 0.910. The number of ether oxygens (including phenoxy) is 1. The van der Waals surface area contributed by atoms with E-state index >= 15 is 0 Å². The largest absolute Gasteiger partial charge is 0.493 e. The lowest BCUT2D eigenvalue weighted by atomic mass is 9.99. The summed E-state index contributed by atoms with van der Waals surface area (Å²) in [4.78, 5) is 12.3. The van der Waals surface area contributed by atoms with Crippen LogP contribution in [0, 0.1) is 11.7 Å². The molecule has 0 bridgehead atoms. The van der Waals surface area contributed by atoms with Gasteiger partial charge in [0.25, 0.3) is 0 Å². The number of hydrogen-bond acceptors (Lipinski definition) is 2. The fourth-order valence-electron chi connectivity index (χ4n) is 2.15. The molecule has 4 nitrogen and oxygen atoms in total. The summed E-state index contributed by atoms with van der Waals surface area (Å²) in [6.45, 7) is 1.50. The number of halogens is 1. The molecule has 5 heteroatoms. The molecule has 1 atom stereocenters. The summed E-state index contributed by atoms with van der Waals surface area (Å²) in [5, 5.41) is 8.91. The van der Waals surface area contributed by atoms with Gasteiger partial charge in [-0.3, -0.25) is 0 Å². The minimum absolute atomic E-state index is 0.179. The maximum atomic E-state index is 12.9. The normalized spacial score (nSPS) is 19.6. The molecule has 1 N–H and O–H groups in total. The average molecular weight is 253 g/mol. The van der Waals surface area contributed by atoms with Gasteiger partial charge in [0, 0.05) is 25.1 Å². The molecule has 1 amide bonds. The number of piperidine rings is 1. The van der Waals surface area contributed by atoms with Crippen LogP contribution in [0.25, 0.3) is 0 Å². The van der Waals surface area contributed by atoms with E-state index in [9.17, 15) is 9.18 Å². The number of benzene rings is 1. The van der Waals surface area contributed by atoms with Crippen molar-refractivity contribution in [1.29, 1.82) is 0 Å². The highest BCUT2D eigenvalue weighted by Gasteiger charge is 2.23. The maximum Gasteiger partial charge on any atom is 0.407 e. The Morgan fingerprint density at radius 1 is 1.56 bits per heavy atom. The third kappa shape index (κ3) is 3.35. The highest BCUT2D eigenvalue weighted by Crippen LogP contribution is 2.19. The van der Waals surface area contributed by atoms with Gasteiger partial charge in [-0.05, 0) is 25.0 Å². The van der Waals surface area contributed by atoms with E-state index in [0.29, 0.717) is 25.4 Å². The van der Waals surface area contributed by atoms with E-state index in [-0.39, 0.29) is 11.7 Å². The SMILES string of the molecule is O=C(O)N1CCCC(COc2cccc(F)c2)C1. The first-order chi connectivity index (χ1) is 8.65. The van der Waals surface area contributed by atoms with Crippen LogP contribution < -0.4 is 4.74 Å². The van der Waals surface area contributed by atoms with E-state index in [1.165, 1.54) is 17.0 Å². The van der Waals surface area contributed by atoms with E-state index in [2.05, 4.69) is 0 Å². The van der Waals surface area contributed by atoms with Gasteiger partial charge in [0.05, 0.1) is 6.61 Å². The molecule has 0 radical (unpaired) electrons. The predicted octanol–water partition coefficient (Wildman–Crippen LogP) is 2.59. The Kier molecular flexibility index (Phi) is 4.02. The number of nitrogens with zero attached hydrogens (tertiary/aromatic N) is 1. The van der Waals surface area contributed by atoms with Crippen LogP contribution in [0.3, 0.4) is 0 Å². The van der Waals surface area contributed by atoms with Crippen LogP contribution in [-0.2, 0) is 0 Å². The molecule has 1 aromatic carbocycles. The van der Waals surface area contributed by atoms with Gasteiger partial charge in [0.1, 0.15) is 11.6 Å². The van der Waals surface area contributed by atoms with Crippen molar-refractivity contribution in [2.45, 2.75) is 12.8 Å². The van der Waals surface area contributed by atoms with Crippen molar-refractivity contribution in [3.63, 3.8) is 0 Å².